The SMILES string of the molecule is CC(C)C(C)(C)CNCCNC(=O)OC(C)(C)C. The average molecular weight is 258 g/mol. The minimum absolute atomic E-state index is 0.270. The Hall–Kier alpha value is -0.770. The molecule has 0 heterocycles. The normalized spacial score (nSPS) is 12.7. The number of hydrogen-bond acceptors (Lipinski definition) is 3. The first-order chi connectivity index (χ1) is 8.04. The minimum Gasteiger partial charge on any atom is -0.444 e. The fourth-order valence-electron chi connectivity index (χ4n) is 1.18. The Labute approximate surface area is 112 Å². The van der Waals surface area contributed by atoms with E-state index in [-0.39, 0.29) is 11.5 Å². The monoisotopic (exact) mass is 258 g/mol. The van der Waals surface area contributed by atoms with Gasteiger partial charge in [0.25, 0.3) is 0 Å². The van der Waals surface area contributed by atoms with Gasteiger partial charge in [0.1, 0.15) is 5.60 Å². The molecule has 108 valence electrons. The van der Waals surface area contributed by atoms with E-state index in [1.807, 2.05) is 20.8 Å². The van der Waals surface area contributed by atoms with Gasteiger partial charge in [-0.05, 0) is 32.1 Å². The Bertz CT molecular complexity index is 255. The molecule has 4 nitrogen and oxygen atoms in total. The van der Waals surface area contributed by atoms with Crippen LogP contribution in [0.2, 0.25) is 0 Å². The van der Waals surface area contributed by atoms with Crippen LogP contribution in [0.1, 0.15) is 48.5 Å². The maximum atomic E-state index is 11.4. The van der Waals surface area contributed by atoms with E-state index in [1.165, 1.54) is 0 Å². The van der Waals surface area contributed by atoms with Crippen LogP contribution in [0.4, 0.5) is 4.79 Å². The van der Waals surface area contributed by atoms with Crippen LogP contribution in [0.5, 0.6) is 0 Å². The van der Waals surface area contributed by atoms with E-state index in [4.69, 9.17) is 4.74 Å². The highest BCUT2D eigenvalue weighted by Crippen LogP contribution is 2.24. The Kier molecular flexibility index (Phi) is 6.68. The van der Waals surface area contributed by atoms with Gasteiger partial charge in [0.15, 0.2) is 0 Å². The van der Waals surface area contributed by atoms with Crippen LogP contribution in [-0.2, 0) is 4.74 Å². The molecule has 0 aliphatic rings. The first-order valence-corrected chi connectivity index (χ1v) is 6.72. The molecule has 0 aliphatic heterocycles. The predicted molar refractivity (Wildman–Crippen MR) is 75.7 cm³/mol. The molecule has 0 unspecified atom stereocenters. The number of carbonyl (C=O) groups excluding carboxylic acids is 1. The molecule has 0 aromatic rings. The number of alkyl carbamates (subject to hydrolysis) is 1. The highest BCUT2D eigenvalue weighted by Gasteiger charge is 2.21. The van der Waals surface area contributed by atoms with E-state index >= 15 is 0 Å². The van der Waals surface area contributed by atoms with E-state index in [9.17, 15) is 4.79 Å². The van der Waals surface area contributed by atoms with E-state index in [1.54, 1.807) is 0 Å². The number of ether oxygens (including phenoxy) is 1. The summed E-state index contributed by atoms with van der Waals surface area (Å²) < 4.78 is 5.15. The molecule has 0 aromatic heterocycles. The standard InChI is InChI=1S/C14H30N2O2/c1-11(2)14(6,7)10-15-8-9-16-12(17)18-13(3,4)5/h11,15H,8-10H2,1-7H3,(H,16,17). The largest absolute Gasteiger partial charge is 0.444 e. The molecule has 18 heavy (non-hydrogen) atoms. The molecular formula is C14H30N2O2. The third kappa shape index (κ3) is 8.34. The van der Waals surface area contributed by atoms with Crippen molar-refractivity contribution in [1.82, 2.24) is 10.6 Å². The van der Waals surface area contributed by atoms with Gasteiger partial charge in [0, 0.05) is 19.6 Å². The first kappa shape index (κ1) is 17.2. The lowest BCUT2D eigenvalue weighted by atomic mass is 9.81. The molecule has 4 heteroatoms. The van der Waals surface area contributed by atoms with Crippen molar-refractivity contribution in [3.05, 3.63) is 0 Å². The van der Waals surface area contributed by atoms with Crippen molar-refractivity contribution >= 4 is 6.09 Å². The molecule has 2 N–H and O–H groups in total. The van der Waals surface area contributed by atoms with E-state index in [0.29, 0.717) is 12.5 Å². The molecule has 0 spiro atoms. The zero-order chi connectivity index (χ0) is 14.4. The Morgan fingerprint density at radius 3 is 2.11 bits per heavy atom. The second-order valence-electron chi connectivity index (χ2n) is 6.75. The van der Waals surface area contributed by atoms with Gasteiger partial charge in [-0.1, -0.05) is 27.7 Å². The van der Waals surface area contributed by atoms with Crippen LogP contribution in [0, 0.1) is 11.3 Å². The molecule has 0 aliphatic carbocycles. The van der Waals surface area contributed by atoms with E-state index in [2.05, 4.69) is 38.3 Å². The van der Waals surface area contributed by atoms with Gasteiger partial charge in [0.05, 0.1) is 0 Å². The highest BCUT2D eigenvalue weighted by atomic mass is 16.6. The van der Waals surface area contributed by atoms with Crippen LogP contribution in [0.15, 0.2) is 0 Å². The fourth-order valence-corrected chi connectivity index (χ4v) is 1.18. The maximum Gasteiger partial charge on any atom is 0.407 e. The number of nitrogens with one attached hydrogen (secondary N) is 2. The number of carbonyl (C=O) groups is 1. The van der Waals surface area contributed by atoms with E-state index < -0.39 is 5.60 Å². The van der Waals surface area contributed by atoms with Crippen molar-refractivity contribution in [3.63, 3.8) is 0 Å². The Balaban J connectivity index is 3.67. The van der Waals surface area contributed by atoms with Gasteiger partial charge in [-0.2, -0.15) is 0 Å². The fraction of sp³-hybridized carbons (Fsp3) is 0.929. The van der Waals surface area contributed by atoms with Crippen molar-refractivity contribution in [2.45, 2.75) is 54.1 Å². The van der Waals surface area contributed by atoms with Gasteiger partial charge in [0.2, 0.25) is 0 Å². The van der Waals surface area contributed by atoms with Crippen molar-refractivity contribution in [1.29, 1.82) is 0 Å². The van der Waals surface area contributed by atoms with Crippen LogP contribution < -0.4 is 10.6 Å². The van der Waals surface area contributed by atoms with Gasteiger partial charge < -0.3 is 15.4 Å². The minimum atomic E-state index is -0.433. The van der Waals surface area contributed by atoms with Crippen LogP contribution in [0.25, 0.3) is 0 Å². The third-order valence-corrected chi connectivity index (χ3v) is 3.11. The summed E-state index contributed by atoms with van der Waals surface area (Å²) in [7, 11) is 0. The first-order valence-electron chi connectivity index (χ1n) is 6.72. The second kappa shape index (κ2) is 6.98. The molecular weight excluding hydrogens is 228 g/mol. The molecule has 1 amide bonds. The van der Waals surface area contributed by atoms with Gasteiger partial charge >= 0.3 is 6.09 Å². The lowest BCUT2D eigenvalue weighted by Gasteiger charge is -2.29. The molecule has 0 saturated carbocycles. The van der Waals surface area contributed by atoms with Crippen molar-refractivity contribution in [2.75, 3.05) is 19.6 Å². The summed E-state index contributed by atoms with van der Waals surface area (Å²) in [6.07, 6.45) is -0.354. The van der Waals surface area contributed by atoms with Crippen molar-refractivity contribution in [2.24, 2.45) is 11.3 Å². The predicted octanol–water partition coefficient (Wildman–Crippen LogP) is 2.78. The zero-order valence-electron chi connectivity index (χ0n) is 13.0. The molecule has 0 bridgehead atoms. The molecule has 0 atom stereocenters. The van der Waals surface area contributed by atoms with Crippen molar-refractivity contribution < 1.29 is 9.53 Å². The summed E-state index contributed by atoms with van der Waals surface area (Å²) in [5.41, 5.74) is -0.164. The maximum absolute atomic E-state index is 11.4. The van der Waals surface area contributed by atoms with E-state index in [0.717, 1.165) is 13.1 Å². The quantitative estimate of drug-likeness (QED) is 0.720. The molecule has 0 aromatic carbocycles. The lowest BCUT2D eigenvalue weighted by molar-refractivity contribution is 0.0528. The summed E-state index contributed by atoms with van der Waals surface area (Å²) in [4.78, 5) is 11.4. The number of amides is 1. The number of hydrogen-bond donors (Lipinski definition) is 2. The topological polar surface area (TPSA) is 50.4 Å². The van der Waals surface area contributed by atoms with Gasteiger partial charge in [-0.3, -0.25) is 0 Å². The lowest BCUT2D eigenvalue weighted by Crippen LogP contribution is -2.39. The summed E-state index contributed by atoms with van der Waals surface area (Å²) >= 11 is 0. The van der Waals surface area contributed by atoms with Gasteiger partial charge in [-0.15, -0.1) is 0 Å². The van der Waals surface area contributed by atoms with Crippen LogP contribution in [0.3, 0.4) is 0 Å². The Morgan fingerprint density at radius 1 is 1.11 bits per heavy atom. The van der Waals surface area contributed by atoms with Crippen molar-refractivity contribution in [3.8, 4) is 0 Å². The number of rotatable bonds is 6. The average Bonchev–Trinajstić information content (AvgIpc) is 2.13. The third-order valence-electron chi connectivity index (χ3n) is 3.11. The molecule has 0 fully saturated rings. The Morgan fingerprint density at radius 2 is 1.67 bits per heavy atom. The summed E-state index contributed by atoms with van der Waals surface area (Å²) in [6.45, 7) is 16.8. The molecule has 0 rings (SSSR count). The van der Waals surface area contributed by atoms with Crippen LogP contribution >= 0.6 is 0 Å². The second-order valence-corrected chi connectivity index (χ2v) is 6.75. The highest BCUT2D eigenvalue weighted by molar-refractivity contribution is 5.67. The summed E-state index contributed by atoms with van der Waals surface area (Å²) in [6, 6.07) is 0. The molecule has 0 radical (unpaired) electrons. The zero-order valence-corrected chi connectivity index (χ0v) is 13.0. The van der Waals surface area contributed by atoms with Crippen LogP contribution in [-0.4, -0.2) is 31.3 Å². The summed E-state index contributed by atoms with van der Waals surface area (Å²) in [5.74, 6) is 0.629. The molecule has 0 saturated heterocycles. The van der Waals surface area contributed by atoms with Gasteiger partial charge in [-0.25, -0.2) is 4.79 Å². The summed E-state index contributed by atoms with van der Waals surface area (Å²) in [5, 5.41) is 6.09. The smallest absolute Gasteiger partial charge is 0.407 e.